The van der Waals surface area contributed by atoms with Crippen LogP contribution in [0.25, 0.3) is 0 Å². The summed E-state index contributed by atoms with van der Waals surface area (Å²) in [4.78, 5) is 19.3. The predicted molar refractivity (Wildman–Crippen MR) is 97.9 cm³/mol. The first-order valence-corrected chi connectivity index (χ1v) is 9.39. The molecule has 2 aromatic rings. The molecule has 27 heavy (non-hydrogen) atoms. The number of amides is 1. The van der Waals surface area contributed by atoms with Crippen LogP contribution in [0, 0.1) is 11.3 Å². The molecule has 1 N–H and O–H groups in total. The van der Waals surface area contributed by atoms with Crippen LogP contribution >= 0.6 is 0 Å². The van der Waals surface area contributed by atoms with Gasteiger partial charge in [0.05, 0.1) is 29.7 Å². The van der Waals surface area contributed by atoms with E-state index in [1.807, 2.05) is 32.0 Å². The fraction of sp³-hybridized carbons (Fsp3) is 0.500. The lowest BCUT2D eigenvalue weighted by atomic mass is 9.76. The summed E-state index contributed by atoms with van der Waals surface area (Å²) in [6, 6.07) is 8.10. The largest absolute Gasteiger partial charge is 0.369 e. The zero-order valence-electron chi connectivity index (χ0n) is 15.6. The van der Waals surface area contributed by atoms with Gasteiger partial charge in [0, 0.05) is 31.3 Å². The molecule has 2 aromatic heterocycles. The molecule has 0 radical (unpaired) electrons. The maximum absolute atomic E-state index is 13.1. The fourth-order valence-corrected chi connectivity index (χ4v) is 4.16. The first kappa shape index (κ1) is 17.7. The van der Waals surface area contributed by atoms with Crippen molar-refractivity contribution in [3.05, 3.63) is 47.0 Å². The first-order chi connectivity index (χ1) is 13.0. The van der Waals surface area contributed by atoms with Crippen molar-refractivity contribution in [1.29, 1.82) is 5.26 Å². The van der Waals surface area contributed by atoms with E-state index in [1.54, 1.807) is 11.1 Å². The van der Waals surface area contributed by atoms with Gasteiger partial charge in [-0.05, 0) is 38.8 Å². The molecule has 0 aliphatic carbocycles. The summed E-state index contributed by atoms with van der Waals surface area (Å²) in [7, 11) is 0. The molecule has 4 rings (SSSR count). The number of carbonyl (C=O) groups excluding carboxylic acids is 1. The van der Waals surface area contributed by atoms with E-state index in [9.17, 15) is 10.1 Å². The van der Waals surface area contributed by atoms with E-state index in [2.05, 4.69) is 21.3 Å². The molecule has 0 aromatic carbocycles. The number of ether oxygens (including phenoxy) is 1. The number of pyridine rings is 1. The molecule has 140 valence electrons. The van der Waals surface area contributed by atoms with Crippen LogP contribution in [-0.2, 0) is 16.6 Å². The Labute approximate surface area is 158 Å². The van der Waals surface area contributed by atoms with Crippen molar-refractivity contribution in [3.63, 3.8) is 0 Å². The van der Waals surface area contributed by atoms with Crippen LogP contribution in [0.15, 0.2) is 24.4 Å². The molecule has 1 fully saturated rings. The Hall–Kier alpha value is -2.72. The first-order valence-electron chi connectivity index (χ1n) is 9.39. The van der Waals surface area contributed by atoms with Gasteiger partial charge >= 0.3 is 0 Å². The molecule has 2 atom stereocenters. The van der Waals surface area contributed by atoms with Crippen LogP contribution < -0.4 is 0 Å². The van der Waals surface area contributed by atoms with E-state index >= 15 is 0 Å². The van der Waals surface area contributed by atoms with Crippen molar-refractivity contribution in [3.8, 4) is 6.07 Å². The lowest BCUT2D eigenvalue weighted by molar-refractivity contribution is -0.00703. The second-order valence-corrected chi connectivity index (χ2v) is 7.46. The molecule has 2 aliphatic rings. The van der Waals surface area contributed by atoms with Crippen molar-refractivity contribution < 1.29 is 9.53 Å². The summed E-state index contributed by atoms with van der Waals surface area (Å²) in [6.45, 7) is 5.02. The smallest absolute Gasteiger partial charge is 0.274 e. The zero-order chi connectivity index (χ0) is 19.0. The predicted octanol–water partition coefficient (Wildman–Crippen LogP) is 2.52. The molecule has 0 unspecified atom stereocenters. The second-order valence-electron chi connectivity index (χ2n) is 7.46. The molecule has 7 heteroatoms. The van der Waals surface area contributed by atoms with E-state index in [-0.39, 0.29) is 18.1 Å². The summed E-state index contributed by atoms with van der Waals surface area (Å²) >= 11 is 0. The lowest BCUT2D eigenvalue weighted by Gasteiger charge is -2.36. The number of nitrogens with one attached hydrogen (secondary N) is 1. The maximum atomic E-state index is 13.1. The van der Waals surface area contributed by atoms with Crippen LogP contribution in [0.5, 0.6) is 0 Å². The Balaban J connectivity index is 1.53. The minimum atomic E-state index is -0.625. The third kappa shape index (κ3) is 3.00. The monoisotopic (exact) mass is 365 g/mol. The minimum absolute atomic E-state index is 0.0633. The Bertz CT molecular complexity index is 878. The van der Waals surface area contributed by atoms with E-state index in [0.717, 1.165) is 17.0 Å². The van der Waals surface area contributed by atoms with Gasteiger partial charge in [-0.25, -0.2) is 0 Å². The van der Waals surface area contributed by atoms with Crippen LogP contribution in [0.3, 0.4) is 0 Å². The summed E-state index contributed by atoms with van der Waals surface area (Å²) in [5.41, 5.74) is 2.52. The minimum Gasteiger partial charge on any atom is -0.369 e. The fourth-order valence-electron chi connectivity index (χ4n) is 4.16. The Morgan fingerprint density at radius 1 is 1.37 bits per heavy atom. The second kappa shape index (κ2) is 6.78. The Morgan fingerprint density at radius 3 is 2.81 bits per heavy atom. The number of nitriles is 1. The quantitative estimate of drug-likeness (QED) is 0.882. The third-order valence-corrected chi connectivity index (χ3v) is 5.71. The molecular weight excluding hydrogens is 342 g/mol. The number of aromatic amines is 1. The molecule has 7 nitrogen and oxygen atoms in total. The number of fused-ring (bicyclic) bond motifs is 1. The standard InChI is InChI=1S/C20H23N5O2/c1-13-11-15-17(14(2)27-13)23-24-18(15)19(26)25-9-6-20(12-21,7-10-25)16-5-3-4-8-22-16/h3-5,8,13-14H,6-7,9-11H2,1-2H3,(H,23,24)/t13-,14+/m1/s1. The molecule has 0 saturated carbocycles. The van der Waals surface area contributed by atoms with Crippen LogP contribution in [-0.4, -0.2) is 45.2 Å². The summed E-state index contributed by atoms with van der Waals surface area (Å²) < 4.78 is 5.80. The van der Waals surface area contributed by atoms with E-state index in [4.69, 9.17) is 4.74 Å². The number of aromatic nitrogens is 3. The Morgan fingerprint density at radius 2 is 2.15 bits per heavy atom. The average molecular weight is 365 g/mol. The van der Waals surface area contributed by atoms with Crippen LogP contribution in [0.1, 0.15) is 60.2 Å². The number of piperidine rings is 1. The van der Waals surface area contributed by atoms with Gasteiger partial charge < -0.3 is 9.64 Å². The zero-order valence-corrected chi connectivity index (χ0v) is 15.6. The average Bonchev–Trinajstić information content (AvgIpc) is 3.12. The number of rotatable bonds is 2. The van der Waals surface area contributed by atoms with E-state index in [0.29, 0.717) is 38.0 Å². The molecule has 1 saturated heterocycles. The van der Waals surface area contributed by atoms with Crippen molar-refractivity contribution >= 4 is 5.91 Å². The van der Waals surface area contributed by atoms with Gasteiger partial charge in [-0.1, -0.05) is 6.07 Å². The van der Waals surface area contributed by atoms with Crippen molar-refractivity contribution in [1.82, 2.24) is 20.1 Å². The van der Waals surface area contributed by atoms with Crippen LogP contribution in [0.4, 0.5) is 0 Å². The topological polar surface area (TPSA) is 94.9 Å². The van der Waals surface area contributed by atoms with Crippen molar-refractivity contribution in [2.75, 3.05) is 13.1 Å². The van der Waals surface area contributed by atoms with Gasteiger partial charge in [-0.3, -0.25) is 14.9 Å². The number of hydrogen-bond acceptors (Lipinski definition) is 5. The molecule has 4 heterocycles. The summed E-state index contributed by atoms with van der Waals surface area (Å²) in [5, 5.41) is 17.1. The van der Waals surface area contributed by atoms with Gasteiger partial charge in [-0.15, -0.1) is 0 Å². The molecule has 0 spiro atoms. The highest BCUT2D eigenvalue weighted by Gasteiger charge is 2.40. The number of carbonyl (C=O) groups is 1. The number of hydrogen-bond donors (Lipinski definition) is 1. The highest BCUT2D eigenvalue weighted by molar-refractivity contribution is 5.94. The molecular formula is C20H23N5O2. The molecule has 2 aliphatic heterocycles. The SMILES string of the molecule is C[C@@H]1Cc2c(C(=O)N3CCC(C#N)(c4ccccn4)CC3)n[nH]c2[C@H](C)O1. The summed E-state index contributed by atoms with van der Waals surface area (Å²) in [5.74, 6) is -0.0682. The third-order valence-electron chi connectivity index (χ3n) is 5.71. The van der Waals surface area contributed by atoms with Gasteiger partial charge in [-0.2, -0.15) is 10.4 Å². The number of nitrogens with zero attached hydrogens (tertiary/aromatic N) is 4. The maximum Gasteiger partial charge on any atom is 0.274 e. The van der Waals surface area contributed by atoms with Gasteiger partial charge in [0.15, 0.2) is 5.69 Å². The van der Waals surface area contributed by atoms with Gasteiger partial charge in [0.25, 0.3) is 5.91 Å². The molecule has 1 amide bonds. The van der Waals surface area contributed by atoms with E-state index < -0.39 is 5.41 Å². The highest BCUT2D eigenvalue weighted by Crippen LogP contribution is 2.35. The molecule has 0 bridgehead atoms. The lowest BCUT2D eigenvalue weighted by Crippen LogP contribution is -2.45. The van der Waals surface area contributed by atoms with Crippen molar-refractivity contribution in [2.24, 2.45) is 0 Å². The van der Waals surface area contributed by atoms with Gasteiger partial charge in [0.1, 0.15) is 5.41 Å². The number of H-pyrrole nitrogens is 1. The summed E-state index contributed by atoms with van der Waals surface area (Å²) in [6.07, 6.45) is 3.53. The highest BCUT2D eigenvalue weighted by atomic mass is 16.5. The van der Waals surface area contributed by atoms with Gasteiger partial charge in [0.2, 0.25) is 0 Å². The van der Waals surface area contributed by atoms with Crippen molar-refractivity contribution in [2.45, 2.75) is 50.7 Å². The van der Waals surface area contributed by atoms with E-state index in [1.165, 1.54) is 0 Å². The normalized spacial score (nSPS) is 24.1. The Kier molecular flexibility index (Phi) is 4.44. The number of likely N-dealkylation sites (tertiary alicyclic amines) is 1. The van der Waals surface area contributed by atoms with Crippen LogP contribution in [0.2, 0.25) is 0 Å².